The Morgan fingerprint density at radius 1 is 0.941 bits per heavy atom. The zero-order valence-corrected chi connectivity index (χ0v) is 10.0. The van der Waals surface area contributed by atoms with E-state index in [1.807, 2.05) is 67.5 Å². The van der Waals surface area contributed by atoms with Crippen molar-refractivity contribution < 1.29 is 0 Å². The third-order valence-corrected chi connectivity index (χ3v) is 2.71. The van der Waals surface area contributed by atoms with Gasteiger partial charge in [-0.25, -0.2) is 0 Å². The lowest BCUT2D eigenvalue weighted by atomic mass is 10.0. The van der Waals surface area contributed by atoms with Crippen LogP contribution in [0, 0.1) is 11.3 Å². The van der Waals surface area contributed by atoms with Crippen molar-refractivity contribution in [1.82, 2.24) is 0 Å². The molecule has 0 unspecified atom stereocenters. The topological polar surface area (TPSA) is 27.0 Å². The fraction of sp³-hybridized carbons (Fsp3) is 0.133. The highest BCUT2D eigenvalue weighted by molar-refractivity contribution is 5.71. The zero-order chi connectivity index (χ0) is 12.3. The van der Waals surface area contributed by atoms with Gasteiger partial charge in [-0.2, -0.15) is 5.26 Å². The second-order valence-electron chi connectivity index (χ2n) is 4.10. The average Bonchev–Trinajstić information content (AvgIpc) is 2.39. The molecule has 0 fully saturated rings. The van der Waals surface area contributed by atoms with Crippen molar-refractivity contribution in [3.05, 3.63) is 54.1 Å². The van der Waals surface area contributed by atoms with Crippen LogP contribution in [-0.4, -0.2) is 14.1 Å². The first kappa shape index (κ1) is 11.2. The lowest BCUT2D eigenvalue weighted by Crippen LogP contribution is -2.10. The second kappa shape index (κ2) is 4.71. The summed E-state index contributed by atoms with van der Waals surface area (Å²) in [5.41, 5.74) is 3.87. The number of rotatable bonds is 2. The van der Waals surface area contributed by atoms with Gasteiger partial charge < -0.3 is 4.90 Å². The Balaban J connectivity index is 2.50. The number of anilines is 1. The number of hydrogen-bond acceptors (Lipinski definition) is 2. The van der Waals surface area contributed by atoms with Crippen LogP contribution in [0.25, 0.3) is 11.1 Å². The molecule has 0 amide bonds. The van der Waals surface area contributed by atoms with E-state index in [0.717, 1.165) is 16.8 Å². The number of nitrogens with zero attached hydrogens (tertiary/aromatic N) is 2. The van der Waals surface area contributed by atoms with Gasteiger partial charge in [0.15, 0.2) is 0 Å². The van der Waals surface area contributed by atoms with Gasteiger partial charge in [0.2, 0.25) is 0 Å². The molecule has 2 heteroatoms. The number of hydrogen-bond donors (Lipinski definition) is 0. The fourth-order valence-corrected chi connectivity index (χ4v) is 1.83. The van der Waals surface area contributed by atoms with Crippen molar-refractivity contribution in [3.8, 4) is 17.2 Å². The van der Waals surface area contributed by atoms with Crippen LogP contribution in [0.1, 0.15) is 5.56 Å². The van der Waals surface area contributed by atoms with Crippen molar-refractivity contribution >= 4 is 5.69 Å². The van der Waals surface area contributed by atoms with Crippen molar-refractivity contribution in [3.63, 3.8) is 0 Å². The molecule has 2 aromatic rings. The minimum atomic E-state index is 0.705. The highest BCUT2D eigenvalue weighted by Crippen LogP contribution is 2.25. The second-order valence-corrected chi connectivity index (χ2v) is 4.10. The quantitative estimate of drug-likeness (QED) is 0.779. The fourth-order valence-electron chi connectivity index (χ4n) is 1.83. The molecule has 0 aliphatic carbocycles. The molecule has 2 nitrogen and oxygen atoms in total. The molecule has 0 N–H and O–H groups in total. The standard InChI is InChI=1S/C15H14N2/c1-17(2)15-9-8-13(10-14(15)11-16)12-6-4-3-5-7-12/h3-10H,1-2H3. The maximum atomic E-state index is 9.16. The molecule has 0 aromatic heterocycles. The molecule has 17 heavy (non-hydrogen) atoms. The van der Waals surface area contributed by atoms with Crippen LogP contribution in [0.4, 0.5) is 5.69 Å². The summed E-state index contributed by atoms with van der Waals surface area (Å²) < 4.78 is 0. The van der Waals surface area contributed by atoms with E-state index in [-0.39, 0.29) is 0 Å². The molecule has 0 heterocycles. The van der Waals surface area contributed by atoms with Crippen molar-refractivity contribution in [2.75, 3.05) is 19.0 Å². The molecule has 0 saturated carbocycles. The van der Waals surface area contributed by atoms with Gasteiger partial charge in [0.1, 0.15) is 6.07 Å². The van der Waals surface area contributed by atoms with E-state index >= 15 is 0 Å². The van der Waals surface area contributed by atoms with E-state index in [1.165, 1.54) is 0 Å². The Morgan fingerprint density at radius 3 is 2.24 bits per heavy atom. The van der Waals surface area contributed by atoms with Crippen molar-refractivity contribution in [2.45, 2.75) is 0 Å². The van der Waals surface area contributed by atoms with Crippen LogP contribution in [0.3, 0.4) is 0 Å². The van der Waals surface area contributed by atoms with Gasteiger partial charge in [-0.3, -0.25) is 0 Å². The third kappa shape index (κ3) is 2.29. The monoisotopic (exact) mass is 222 g/mol. The Morgan fingerprint density at radius 2 is 1.65 bits per heavy atom. The molecule has 0 spiro atoms. The molecule has 84 valence electrons. The van der Waals surface area contributed by atoms with Gasteiger partial charge in [-0.15, -0.1) is 0 Å². The first-order valence-corrected chi connectivity index (χ1v) is 5.49. The molecule has 0 aliphatic heterocycles. The summed E-state index contributed by atoms with van der Waals surface area (Å²) in [6.07, 6.45) is 0. The number of nitriles is 1. The highest BCUT2D eigenvalue weighted by atomic mass is 15.1. The predicted molar refractivity (Wildman–Crippen MR) is 70.9 cm³/mol. The van der Waals surface area contributed by atoms with E-state index in [4.69, 9.17) is 5.26 Å². The summed E-state index contributed by atoms with van der Waals surface area (Å²) in [5.74, 6) is 0. The smallest absolute Gasteiger partial charge is 0.101 e. The van der Waals surface area contributed by atoms with E-state index in [1.54, 1.807) is 0 Å². The first-order chi connectivity index (χ1) is 8.22. The third-order valence-electron chi connectivity index (χ3n) is 2.71. The van der Waals surface area contributed by atoms with Crippen LogP contribution < -0.4 is 4.90 Å². The van der Waals surface area contributed by atoms with Gasteiger partial charge in [0.05, 0.1) is 11.3 Å². The summed E-state index contributed by atoms with van der Waals surface area (Å²) in [4.78, 5) is 1.95. The number of benzene rings is 2. The van der Waals surface area contributed by atoms with Gasteiger partial charge >= 0.3 is 0 Å². The summed E-state index contributed by atoms with van der Waals surface area (Å²) in [5, 5.41) is 9.16. The van der Waals surface area contributed by atoms with Crippen LogP contribution in [0.2, 0.25) is 0 Å². The van der Waals surface area contributed by atoms with E-state index < -0.39 is 0 Å². The Labute approximate surface area is 102 Å². The van der Waals surface area contributed by atoms with E-state index in [9.17, 15) is 0 Å². The van der Waals surface area contributed by atoms with E-state index in [0.29, 0.717) is 5.56 Å². The van der Waals surface area contributed by atoms with Gasteiger partial charge in [-0.1, -0.05) is 36.4 Å². The Kier molecular flexibility index (Phi) is 3.11. The zero-order valence-electron chi connectivity index (χ0n) is 10.0. The van der Waals surface area contributed by atoms with Crippen LogP contribution in [-0.2, 0) is 0 Å². The normalized spacial score (nSPS) is 9.71. The predicted octanol–water partition coefficient (Wildman–Crippen LogP) is 3.29. The summed E-state index contributed by atoms with van der Waals surface area (Å²) >= 11 is 0. The summed E-state index contributed by atoms with van der Waals surface area (Å²) in [6, 6.07) is 18.3. The van der Waals surface area contributed by atoms with E-state index in [2.05, 4.69) is 6.07 Å². The SMILES string of the molecule is CN(C)c1ccc(-c2ccccc2)cc1C#N. The minimum Gasteiger partial charge on any atom is -0.377 e. The van der Waals surface area contributed by atoms with Crippen LogP contribution in [0.15, 0.2) is 48.5 Å². The largest absolute Gasteiger partial charge is 0.377 e. The molecule has 2 aromatic carbocycles. The van der Waals surface area contributed by atoms with Crippen LogP contribution in [0.5, 0.6) is 0 Å². The molecular formula is C15H14N2. The lowest BCUT2D eigenvalue weighted by Gasteiger charge is -2.15. The summed E-state index contributed by atoms with van der Waals surface area (Å²) in [7, 11) is 3.89. The molecule has 0 atom stereocenters. The Hall–Kier alpha value is -2.27. The molecular weight excluding hydrogens is 208 g/mol. The molecule has 0 aliphatic rings. The average molecular weight is 222 g/mol. The van der Waals surface area contributed by atoms with Crippen LogP contribution >= 0.6 is 0 Å². The molecule has 0 saturated heterocycles. The lowest BCUT2D eigenvalue weighted by molar-refractivity contribution is 1.13. The van der Waals surface area contributed by atoms with Gasteiger partial charge in [-0.05, 0) is 23.3 Å². The minimum absolute atomic E-state index is 0.705. The maximum Gasteiger partial charge on any atom is 0.101 e. The van der Waals surface area contributed by atoms with Crippen molar-refractivity contribution in [2.24, 2.45) is 0 Å². The van der Waals surface area contributed by atoms with Crippen molar-refractivity contribution in [1.29, 1.82) is 5.26 Å². The first-order valence-electron chi connectivity index (χ1n) is 5.49. The maximum absolute atomic E-state index is 9.16. The molecule has 0 radical (unpaired) electrons. The molecule has 2 rings (SSSR count). The van der Waals surface area contributed by atoms with Gasteiger partial charge in [0, 0.05) is 14.1 Å². The van der Waals surface area contributed by atoms with Gasteiger partial charge in [0.25, 0.3) is 0 Å². The summed E-state index contributed by atoms with van der Waals surface area (Å²) in [6.45, 7) is 0. The molecule has 0 bridgehead atoms. The highest BCUT2D eigenvalue weighted by Gasteiger charge is 2.06. The Bertz CT molecular complexity index is 551.